The van der Waals surface area contributed by atoms with E-state index >= 15 is 0 Å². The average Bonchev–Trinajstić information content (AvgIpc) is 2.76. The van der Waals surface area contributed by atoms with Crippen molar-refractivity contribution in [2.45, 2.75) is 25.9 Å². The van der Waals surface area contributed by atoms with Crippen LogP contribution in [0, 0.1) is 6.92 Å². The summed E-state index contributed by atoms with van der Waals surface area (Å²) >= 11 is 6.14. The third-order valence-electron chi connectivity index (χ3n) is 2.75. The molecule has 0 aromatic carbocycles. The molecular weight excluding hydrogens is 214 g/mol. The molecule has 1 atom stereocenters. The van der Waals surface area contributed by atoms with E-state index < -0.39 is 0 Å². The van der Waals surface area contributed by atoms with Crippen LogP contribution in [0.15, 0.2) is 0 Å². The number of nitrogens with one attached hydrogen (secondary N) is 1. The molecule has 15 heavy (non-hydrogen) atoms. The van der Waals surface area contributed by atoms with Crippen molar-refractivity contribution in [3.63, 3.8) is 0 Å². The Labute approximate surface area is 94.6 Å². The fraction of sp³-hybridized carbons (Fsp3) is 0.700. The summed E-state index contributed by atoms with van der Waals surface area (Å²) < 4.78 is 7.13. The zero-order valence-corrected chi connectivity index (χ0v) is 9.84. The first kappa shape index (κ1) is 10.9. The number of hydrogen-bond acceptors (Lipinski definition) is 3. The Bertz CT molecular complexity index is 345. The van der Waals surface area contributed by atoms with Crippen molar-refractivity contribution < 1.29 is 4.74 Å². The summed E-state index contributed by atoms with van der Waals surface area (Å²) in [6.45, 7) is 4.33. The van der Waals surface area contributed by atoms with Crippen LogP contribution in [0.5, 0.6) is 0 Å². The van der Waals surface area contributed by atoms with Crippen molar-refractivity contribution in [2.75, 3.05) is 13.2 Å². The normalized spacial score (nSPS) is 21.1. The van der Waals surface area contributed by atoms with E-state index in [0.717, 1.165) is 42.6 Å². The summed E-state index contributed by atoms with van der Waals surface area (Å²) in [6, 6.07) is 0.455. The van der Waals surface area contributed by atoms with Crippen molar-refractivity contribution in [2.24, 2.45) is 7.05 Å². The number of ether oxygens (including phenoxy) is 1. The molecule has 0 spiro atoms. The van der Waals surface area contributed by atoms with Gasteiger partial charge >= 0.3 is 0 Å². The van der Waals surface area contributed by atoms with E-state index in [1.165, 1.54) is 0 Å². The maximum Gasteiger partial charge on any atom is 0.0860 e. The van der Waals surface area contributed by atoms with Crippen LogP contribution >= 0.6 is 11.6 Å². The molecule has 0 radical (unpaired) electrons. The van der Waals surface area contributed by atoms with Gasteiger partial charge < -0.3 is 10.1 Å². The lowest BCUT2D eigenvalue weighted by Crippen LogP contribution is -2.29. The van der Waals surface area contributed by atoms with E-state index in [1.807, 2.05) is 18.7 Å². The van der Waals surface area contributed by atoms with Crippen molar-refractivity contribution >= 4 is 11.6 Å². The molecule has 0 bridgehead atoms. The molecule has 1 aliphatic heterocycles. The fourth-order valence-electron chi connectivity index (χ4n) is 1.81. The van der Waals surface area contributed by atoms with Crippen LogP contribution in [0.2, 0.25) is 5.02 Å². The summed E-state index contributed by atoms with van der Waals surface area (Å²) in [4.78, 5) is 0. The summed E-state index contributed by atoms with van der Waals surface area (Å²) in [7, 11) is 1.92. The highest BCUT2D eigenvalue weighted by molar-refractivity contribution is 6.31. The number of halogens is 1. The van der Waals surface area contributed by atoms with Crippen molar-refractivity contribution in [1.82, 2.24) is 15.1 Å². The molecule has 1 aromatic heterocycles. The monoisotopic (exact) mass is 229 g/mol. The Kier molecular flexibility index (Phi) is 3.29. The standard InChI is InChI=1S/C10H16ClN3O/c1-7-10(11)9(14(2)13-7)5-12-8-3-4-15-6-8/h8,12H,3-6H2,1-2H3. The lowest BCUT2D eigenvalue weighted by molar-refractivity contribution is 0.189. The van der Waals surface area contributed by atoms with Crippen LogP contribution < -0.4 is 5.32 Å². The fourth-order valence-corrected chi connectivity index (χ4v) is 2.04. The first-order valence-electron chi connectivity index (χ1n) is 5.17. The molecular formula is C10H16ClN3O. The van der Waals surface area contributed by atoms with Crippen LogP contribution in [-0.4, -0.2) is 29.0 Å². The molecule has 0 amide bonds. The molecule has 1 aliphatic rings. The molecule has 1 unspecified atom stereocenters. The van der Waals surface area contributed by atoms with Gasteiger partial charge in [0.25, 0.3) is 0 Å². The Morgan fingerprint density at radius 3 is 3.00 bits per heavy atom. The van der Waals surface area contributed by atoms with Gasteiger partial charge in [-0.1, -0.05) is 11.6 Å². The first-order valence-corrected chi connectivity index (χ1v) is 5.55. The van der Waals surface area contributed by atoms with Gasteiger partial charge in [-0.05, 0) is 13.3 Å². The quantitative estimate of drug-likeness (QED) is 0.848. The number of aromatic nitrogens is 2. The topological polar surface area (TPSA) is 39.1 Å². The molecule has 84 valence electrons. The first-order chi connectivity index (χ1) is 7.18. The maximum absolute atomic E-state index is 6.14. The molecule has 5 heteroatoms. The van der Waals surface area contributed by atoms with E-state index in [2.05, 4.69) is 10.4 Å². The maximum atomic E-state index is 6.14. The second-order valence-corrected chi connectivity index (χ2v) is 4.29. The smallest absolute Gasteiger partial charge is 0.0860 e. The summed E-state index contributed by atoms with van der Waals surface area (Å²) in [5.41, 5.74) is 1.93. The summed E-state index contributed by atoms with van der Waals surface area (Å²) in [6.07, 6.45) is 1.08. The minimum absolute atomic E-state index is 0.455. The van der Waals surface area contributed by atoms with Crippen LogP contribution in [-0.2, 0) is 18.3 Å². The van der Waals surface area contributed by atoms with Gasteiger partial charge in [0.05, 0.1) is 23.0 Å². The van der Waals surface area contributed by atoms with Crippen LogP contribution in [0.3, 0.4) is 0 Å². The number of rotatable bonds is 3. The Hall–Kier alpha value is -0.580. The number of aryl methyl sites for hydroxylation is 2. The molecule has 2 rings (SSSR count). The highest BCUT2D eigenvalue weighted by Crippen LogP contribution is 2.19. The van der Waals surface area contributed by atoms with Gasteiger partial charge in [-0.15, -0.1) is 0 Å². The van der Waals surface area contributed by atoms with E-state index in [0.29, 0.717) is 6.04 Å². The number of hydrogen-bond donors (Lipinski definition) is 1. The lowest BCUT2D eigenvalue weighted by atomic mass is 10.2. The van der Waals surface area contributed by atoms with E-state index in [4.69, 9.17) is 16.3 Å². The van der Waals surface area contributed by atoms with Gasteiger partial charge in [0.15, 0.2) is 0 Å². The molecule has 1 N–H and O–H groups in total. The van der Waals surface area contributed by atoms with Gasteiger partial charge in [0, 0.05) is 26.2 Å². The summed E-state index contributed by atoms with van der Waals surface area (Å²) in [5, 5.41) is 8.46. The Morgan fingerprint density at radius 2 is 2.47 bits per heavy atom. The SMILES string of the molecule is Cc1nn(C)c(CNC2CCOC2)c1Cl. The van der Waals surface area contributed by atoms with E-state index in [9.17, 15) is 0 Å². The third kappa shape index (κ3) is 2.33. The van der Waals surface area contributed by atoms with E-state index in [-0.39, 0.29) is 0 Å². The Balaban J connectivity index is 1.97. The summed E-state index contributed by atoms with van der Waals surface area (Å²) in [5.74, 6) is 0. The Morgan fingerprint density at radius 1 is 1.67 bits per heavy atom. The van der Waals surface area contributed by atoms with Crippen molar-refractivity contribution in [3.8, 4) is 0 Å². The van der Waals surface area contributed by atoms with Gasteiger partial charge in [0.2, 0.25) is 0 Å². The minimum atomic E-state index is 0.455. The van der Waals surface area contributed by atoms with Crippen LogP contribution in [0.1, 0.15) is 17.8 Å². The van der Waals surface area contributed by atoms with Gasteiger partial charge in [-0.2, -0.15) is 5.10 Å². The van der Waals surface area contributed by atoms with Crippen LogP contribution in [0.4, 0.5) is 0 Å². The van der Waals surface area contributed by atoms with E-state index in [1.54, 1.807) is 0 Å². The molecule has 1 saturated heterocycles. The van der Waals surface area contributed by atoms with Crippen molar-refractivity contribution in [3.05, 3.63) is 16.4 Å². The second kappa shape index (κ2) is 4.51. The predicted molar refractivity (Wildman–Crippen MR) is 59.0 cm³/mol. The highest BCUT2D eigenvalue weighted by Gasteiger charge is 2.17. The zero-order valence-electron chi connectivity index (χ0n) is 9.09. The van der Waals surface area contributed by atoms with Crippen LogP contribution in [0.25, 0.3) is 0 Å². The minimum Gasteiger partial charge on any atom is -0.380 e. The predicted octanol–water partition coefficient (Wildman–Crippen LogP) is 1.26. The highest BCUT2D eigenvalue weighted by atomic mass is 35.5. The molecule has 1 aromatic rings. The second-order valence-electron chi connectivity index (χ2n) is 3.91. The molecule has 0 aliphatic carbocycles. The largest absolute Gasteiger partial charge is 0.380 e. The van der Waals surface area contributed by atoms with Gasteiger partial charge in [0.1, 0.15) is 0 Å². The molecule has 1 fully saturated rings. The van der Waals surface area contributed by atoms with Gasteiger partial charge in [-0.25, -0.2) is 0 Å². The molecule has 2 heterocycles. The molecule has 0 saturated carbocycles. The van der Waals surface area contributed by atoms with Gasteiger partial charge in [-0.3, -0.25) is 4.68 Å². The molecule has 4 nitrogen and oxygen atoms in total. The number of nitrogens with zero attached hydrogens (tertiary/aromatic N) is 2. The third-order valence-corrected chi connectivity index (χ3v) is 3.24. The lowest BCUT2D eigenvalue weighted by Gasteiger charge is -2.10. The van der Waals surface area contributed by atoms with Crippen molar-refractivity contribution in [1.29, 1.82) is 0 Å². The average molecular weight is 230 g/mol. The zero-order chi connectivity index (χ0) is 10.8.